The first-order valence-corrected chi connectivity index (χ1v) is 14.0. The van der Waals surface area contributed by atoms with E-state index in [0.717, 1.165) is 18.9 Å². The number of allylic oxidation sites excluding steroid dienone is 1. The molecule has 30 heavy (non-hydrogen) atoms. The Kier molecular flexibility index (Phi) is 24.4. The summed E-state index contributed by atoms with van der Waals surface area (Å²) in [5.74, 6) is 0.764. The van der Waals surface area contributed by atoms with Crippen LogP contribution in [0.25, 0.3) is 0 Å². The first-order chi connectivity index (χ1) is 14.7. The van der Waals surface area contributed by atoms with Gasteiger partial charge in [0.2, 0.25) is 0 Å². The average Bonchev–Trinajstić information content (AvgIpc) is 2.76. The monoisotopic (exact) mass is 422 g/mol. The number of rotatable bonds is 24. The van der Waals surface area contributed by atoms with Crippen LogP contribution < -0.4 is 0 Å². The molecule has 0 spiro atoms. The van der Waals surface area contributed by atoms with Gasteiger partial charge in [-0.05, 0) is 37.7 Å². The van der Waals surface area contributed by atoms with Crippen LogP contribution in [0.15, 0.2) is 11.8 Å². The standard InChI is InChI=1S/C29H58O/c1-5-8-10-12-14-16-17-19-21-23-25-29(27-30-26-28(4)7-3)24-22-20-18-15-13-11-9-6-2/h26,29H,5-25,27H2,1-4H3. The van der Waals surface area contributed by atoms with Crippen LogP contribution in [0, 0.1) is 5.92 Å². The van der Waals surface area contributed by atoms with Crippen LogP contribution in [-0.4, -0.2) is 6.61 Å². The normalized spacial score (nSPS) is 13.0. The minimum Gasteiger partial charge on any atom is -0.501 e. The predicted octanol–water partition coefficient (Wildman–Crippen LogP) is 10.8. The summed E-state index contributed by atoms with van der Waals surface area (Å²) in [6.07, 6.45) is 31.5. The minimum absolute atomic E-state index is 0.764. The highest BCUT2D eigenvalue weighted by Crippen LogP contribution is 2.20. The lowest BCUT2D eigenvalue weighted by Gasteiger charge is -2.17. The molecule has 1 atom stereocenters. The van der Waals surface area contributed by atoms with Crippen LogP contribution in [0.4, 0.5) is 0 Å². The van der Waals surface area contributed by atoms with E-state index in [0.29, 0.717) is 0 Å². The molecule has 0 aliphatic heterocycles. The van der Waals surface area contributed by atoms with Gasteiger partial charge in [0.1, 0.15) is 0 Å². The van der Waals surface area contributed by atoms with Gasteiger partial charge < -0.3 is 4.74 Å². The van der Waals surface area contributed by atoms with Crippen LogP contribution >= 0.6 is 0 Å². The number of hydrogen-bond acceptors (Lipinski definition) is 1. The summed E-state index contributed by atoms with van der Waals surface area (Å²) in [4.78, 5) is 0. The van der Waals surface area contributed by atoms with Crippen LogP contribution in [0.3, 0.4) is 0 Å². The third-order valence-electron chi connectivity index (χ3n) is 6.61. The molecule has 0 saturated heterocycles. The van der Waals surface area contributed by atoms with Gasteiger partial charge in [0.15, 0.2) is 0 Å². The van der Waals surface area contributed by atoms with Crippen molar-refractivity contribution in [3.05, 3.63) is 11.8 Å². The van der Waals surface area contributed by atoms with Gasteiger partial charge in [-0.15, -0.1) is 0 Å². The number of unbranched alkanes of at least 4 members (excludes halogenated alkanes) is 16. The lowest BCUT2D eigenvalue weighted by molar-refractivity contribution is 0.174. The van der Waals surface area contributed by atoms with Crippen molar-refractivity contribution in [2.75, 3.05) is 6.61 Å². The molecule has 0 aliphatic carbocycles. The lowest BCUT2D eigenvalue weighted by Crippen LogP contribution is -2.08. The second-order valence-corrected chi connectivity index (χ2v) is 9.75. The van der Waals surface area contributed by atoms with E-state index in [1.54, 1.807) is 0 Å². The van der Waals surface area contributed by atoms with E-state index in [2.05, 4.69) is 27.7 Å². The molecular formula is C29H58O. The fourth-order valence-electron chi connectivity index (χ4n) is 4.21. The average molecular weight is 423 g/mol. The van der Waals surface area contributed by atoms with E-state index in [1.807, 2.05) is 6.26 Å². The quantitative estimate of drug-likeness (QED) is 0.111. The highest BCUT2D eigenvalue weighted by Gasteiger charge is 2.09. The fourth-order valence-corrected chi connectivity index (χ4v) is 4.21. The Hall–Kier alpha value is -0.460. The van der Waals surface area contributed by atoms with Crippen molar-refractivity contribution >= 4 is 0 Å². The van der Waals surface area contributed by atoms with Gasteiger partial charge in [-0.3, -0.25) is 0 Å². The number of ether oxygens (including phenoxy) is 1. The zero-order chi connectivity index (χ0) is 22.1. The van der Waals surface area contributed by atoms with E-state index < -0.39 is 0 Å². The van der Waals surface area contributed by atoms with Crippen molar-refractivity contribution in [2.45, 2.75) is 163 Å². The summed E-state index contributed by atoms with van der Waals surface area (Å²) in [5.41, 5.74) is 1.36. The molecule has 180 valence electrons. The molecule has 0 saturated carbocycles. The van der Waals surface area contributed by atoms with Crippen molar-refractivity contribution in [1.82, 2.24) is 0 Å². The Balaban J connectivity index is 3.85. The van der Waals surface area contributed by atoms with Gasteiger partial charge >= 0.3 is 0 Å². The third-order valence-corrected chi connectivity index (χ3v) is 6.61. The van der Waals surface area contributed by atoms with Gasteiger partial charge in [-0.1, -0.05) is 136 Å². The molecule has 0 aromatic rings. The maximum absolute atomic E-state index is 5.95. The summed E-state index contributed by atoms with van der Waals surface area (Å²) in [6.45, 7) is 9.92. The predicted molar refractivity (Wildman–Crippen MR) is 137 cm³/mol. The van der Waals surface area contributed by atoms with Crippen LogP contribution in [-0.2, 0) is 4.74 Å². The Morgan fingerprint density at radius 2 is 0.933 bits per heavy atom. The highest BCUT2D eigenvalue weighted by atomic mass is 16.5. The topological polar surface area (TPSA) is 9.23 Å². The molecule has 0 N–H and O–H groups in total. The smallest absolute Gasteiger partial charge is 0.0901 e. The van der Waals surface area contributed by atoms with Gasteiger partial charge in [-0.25, -0.2) is 0 Å². The summed E-state index contributed by atoms with van der Waals surface area (Å²) >= 11 is 0. The first-order valence-electron chi connectivity index (χ1n) is 14.0. The molecule has 0 aliphatic rings. The molecule has 0 fully saturated rings. The third kappa shape index (κ3) is 22.2. The zero-order valence-electron chi connectivity index (χ0n) is 21.6. The molecule has 0 amide bonds. The summed E-state index contributed by atoms with van der Waals surface area (Å²) in [5, 5.41) is 0. The van der Waals surface area contributed by atoms with Crippen LogP contribution in [0.5, 0.6) is 0 Å². The maximum Gasteiger partial charge on any atom is 0.0901 e. The Labute approximate surface area is 191 Å². The molecular weight excluding hydrogens is 364 g/mol. The molecule has 0 aromatic carbocycles. The second kappa shape index (κ2) is 24.8. The van der Waals surface area contributed by atoms with Crippen LogP contribution in [0.2, 0.25) is 0 Å². The zero-order valence-corrected chi connectivity index (χ0v) is 21.6. The number of hydrogen-bond donors (Lipinski definition) is 0. The van der Waals surface area contributed by atoms with Crippen molar-refractivity contribution in [2.24, 2.45) is 5.92 Å². The molecule has 0 heterocycles. The summed E-state index contributed by atoms with van der Waals surface area (Å²) in [7, 11) is 0. The largest absolute Gasteiger partial charge is 0.501 e. The van der Waals surface area contributed by atoms with Crippen LogP contribution in [0.1, 0.15) is 163 Å². The fraction of sp³-hybridized carbons (Fsp3) is 0.931. The van der Waals surface area contributed by atoms with E-state index >= 15 is 0 Å². The molecule has 1 heteroatoms. The summed E-state index contributed by atoms with van der Waals surface area (Å²) in [6, 6.07) is 0. The first kappa shape index (κ1) is 29.5. The molecule has 0 aromatic heterocycles. The van der Waals surface area contributed by atoms with E-state index in [1.165, 1.54) is 134 Å². The van der Waals surface area contributed by atoms with Gasteiger partial charge in [0.05, 0.1) is 12.9 Å². The van der Waals surface area contributed by atoms with E-state index in [4.69, 9.17) is 4.74 Å². The molecule has 0 bridgehead atoms. The summed E-state index contributed by atoms with van der Waals surface area (Å²) < 4.78 is 5.95. The van der Waals surface area contributed by atoms with Crippen molar-refractivity contribution < 1.29 is 4.74 Å². The SMILES string of the molecule is CCCCCCCCCCCCC(CCCCCCCCCC)COC=C(C)CC. The lowest BCUT2D eigenvalue weighted by atomic mass is 9.94. The van der Waals surface area contributed by atoms with Crippen molar-refractivity contribution in [3.63, 3.8) is 0 Å². The Morgan fingerprint density at radius 1 is 0.567 bits per heavy atom. The molecule has 1 nitrogen and oxygen atoms in total. The minimum atomic E-state index is 0.764. The van der Waals surface area contributed by atoms with Gasteiger partial charge in [-0.2, -0.15) is 0 Å². The molecule has 1 unspecified atom stereocenters. The van der Waals surface area contributed by atoms with E-state index in [-0.39, 0.29) is 0 Å². The van der Waals surface area contributed by atoms with Crippen molar-refractivity contribution in [1.29, 1.82) is 0 Å². The highest BCUT2D eigenvalue weighted by molar-refractivity contribution is 4.91. The Bertz CT molecular complexity index is 346. The van der Waals surface area contributed by atoms with Gasteiger partial charge in [0.25, 0.3) is 0 Å². The van der Waals surface area contributed by atoms with Gasteiger partial charge in [0, 0.05) is 0 Å². The maximum atomic E-state index is 5.95. The molecule has 0 rings (SSSR count). The Morgan fingerprint density at radius 3 is 1.30 bits per heavy atom. The van der Waals surface area contributed by atoms with Crippen molar-refractivity contribution in [3.8, 4) is 0 Å². The molecule has 0 radical (unpaired) electrons. The van der Waals surface area contributed by atoms with E-state index in [9.17, 15) is 0 Å². The second-order valence-electron chi connectivity index (χ2n) is 9.75.